The molecule has 5 heterocycles. The molecule has 2 fully saturated rings. The largest absolute Gasteiger partial charge is 0.451 e. The number of nitrogens with one attached hydrogen (secondary N) is 1. The Morgan fingerprint density at radius 2 is 1.76 bits per heavy atom. The molecule has 0 spiro atoms. The lowest BCUT2D eigenvalue weighted by molar-refractivity contribution is -0.144. The van der Waals surface area contributed by atoms with E-state index in [1.807, 2.05) is 29.4 Å². The van der Waals surface area contributed by atoms with Crippen LogP contribution in [0, 0.1) is 5.82 Å². The fourth-order valence-electron chi connectivity index (χ4n) is 6.70. The standard InChI is InChI=1S/C33H32ClF4N5O3/c1-32(25-6-5-22(34)16-26(25)35)45-28-4-2-3-23(29(28)46-32)19-7-11-43(12-8-19)18-27-24(20-9-13-44-14-10-20)15-21(17-39-27)30-40-31(42-41-30)33(36,37)38/h2-6,15-17,19-20H,7-14,18H2,1H3,(H,40,41,42)/t32-/m1/s1. The van der Waals surface area contributed by atoms with Gasteiger partial charge in [0.05, 0.1) is 11.3 Å². The Bertz CT molecular complexity index is 1740. The number of rotatable bonds is 6. The highest BCUT2D eigenvalue weighted by Crippen LogP contribution is 2.50. The van der Waals surface area contributed by atoms with Gasteiger partial charge in [-0.2, -0.15) is 18.3 Å². The van der Waals surface area contributed by atoms with Gasteiger partial charge >= 0.3 is 6.18 Å². The third kappa shape index (κ3) is 6.05. The number of aromatic amines is 1. The molecule has 0 bridgehead atoms. The molecule has 1 atom stereocenters. The number of pyridine rings is 1. The summed E-state index contributed by atoms with van der Waals surface area (Å²) in [7, 11) is 0. The van der Waals surface area contributed by atoms with Gasteiger partial charge in [0.1, 0.15) is 5.82 Å². The predicted octanol–water partition coefficient (Wildman–Crippen LogP) is 7.60. The Hall–Kier alpha value is -3.74. The monoisotopic (exact) mass is 657 g/mol. The number of likely N-dealkylation sites (tertiary alicyclic amines) is 1. The average Bonchev–Trinajstić information content (AvgIpc) is 3.68. The maximum atomic E-state index is 14.8. The summed E-state index contributed by atoms with van der Waals surface area (Å²) >= 11 is 5.97. The zero-order chi connectivity index (χ0) is 32.1. The smallest absolute Gasteiger partial charge is 0.444 e. The van der Waals surface area contributed by atoms with E-state index in [1.165, 1.54) is 6.07 Å². The molecule has 0 saturated carbocycles. The van der Waals surface area contributed by atoms with Crippen molar-refractivity contribution < 1.29 is 31.8 Å². The van der Waals surface area contributed by atoms with Crippen molar-refractivity contribution in [2.75, 3.05) is 26.3 Å². The molecule has 2 saturated heterocycles. The summed E-state index contributed by atoms with van der Waals surface area (Å²) in [6, 6.07) is 12.2. The maximum absolute atomic E-state index is 14.8. The van der Waals surface area contributed by atoms with Crippen molar-refractivity contribution in [1.82, 2.24) is 25.1 Å². The zero-order valence-electron chi connectivity index (χ0n) is 25.0. The number of alkyl halides is 3. The van der Waals surface area contributed by atoms with Crippen LogP contribution in [0.3, 0.4) is 0 Å². The Morgan fingerprint density at radius 1 is 1.00 bits per heavy atom. The summed E-state index contributed by atoms with van der Waals surface area (Å²) in [5.74, 6) is -1.36. The minimum Gasteiger partial charge on any atom is -0.444 e. The van der Waals surface area contributed by atoms with E-state index in [0.29, 0.717) is 41.8 Å². The molecule has 0 amide bonds. The van der Waals surface area contributed by atoms with Crippen LogP contribution in [0.15, 0.2) is 48.7 Å². The van der Waals surface area contributed by atoms with Gasteiger partial charge in [-0.25, -0.2) is 9.37 Å². The lowest BCUT2D eigenvalue weighted by atomic mass is 9.87. The summed E-state index contributed by atoms with van der Waals surface area (Å²) in [5, 5.41) is 6.10. The Morgan fingerprint density at radius 3 is 2.48 bits per heavy atom. The van der Waals surface area contributed by atoms with Crippen molar-refractivity contribution in [3.63, 3.8) is 0 Å². The first-order chi connectivity index (χ1) is 22.1. The molecular formula is C33H32ClF4N5O3. The van der Waals surface area contributed by atoms with Crippen LogP contribution in [-0.4, -0.2) is 51.4 Å². The van der Waals surface area contributed by atoms with Crippen molar-refractivity contribution in [3.05, 3.63) is 87.7 Å². The van der Waals surface area contributed by atoms with E-state index in [2.05, 4.69) is 15.0 Å². The van der Waals surface area contributed by atoms with Gasteiger partial charge in [0.25, 0.3) is 5.79 Å². The molecule has 8 nitrogen and oxygen atoms in total. The summed E-state index contributed by atoms with van der Waals surface area (Å²) in [6.45, 7) is 5.18. The number of nitrogens with zero attached hydrogens (tertiary/aromatic N) is 4. The molecule has 242 valence electrons. The van der Waals surface area contributed by atoms with Crippen LogP contribution >= 0.6 is 11.6 Å². The van der Waals surface area contributed by atoms with Crippen molar-refractivity contribution in [2.24, 2.45) is 0 Å². The van der Waals surface area contributed by atoms with Crippen molar-refractivity contribution in [3.8, 4) is 22.9 Å². The molecule has 3 aliphatic heterocycles. The Balaban J connectivity index is 1.07. The summed E-state index contributed by atoms with van der Waals surface area (Å²) < 4.78 is 72.4. The molecule has 0 unspecified atom stereocenters. The van der Waals surface area contributed by atoms with Gasteiger partial charge in [-0.15, -0.1) is 0 Å². The van der Waals surface area contributed by atoms with Crippen LogP contribution in [0.1, 0.15) is 72.7 Å². The summed E-state index contributed by atoms with van der Waals surface area (Å²) in [5.41, 5.74) is 3.66. The Kier molecular flexibility index (Phi) is 8.14. The molecule has 3 aliphatic rings. The first-order valence-corrected chi connectivity index (χ1v) is 15.7. The second-order valence-electron chi connectivity index (χ2n) is 12.2. The van der Waals surface area contributed by atoms with E-state index in [0.717, 1.165) is 55.6 Å². The Labute approximate surface area is 268 Å². The van der Waals surface area contributed by atoms with E-state index >= 15 is 0 Å². The van der Waals surface area contributed by atoms with Gasteiger partial charge in [0, 0.05) is 49.0 Å². The molecule has 4 aromatic rings. The molecule has 1 N–H and O–H groups in total. The molecule has 2 aromatic heterocycles. The van der Waals surface area contributed by atoms with Crippen LogP contribution < -0.4 is 9.47 Å². The average molecular weight is 658 g/mol. The number of H-pyrrole nitrogens is 1. The highest BCUT2D eigenvalue weighted by Gasteiger charge is 2.43. The number of piperidine rings is 1. The summed E-state index contributed by atoms with van der Waals surface area (Å²) in [4.78, 5) is 10.8. The van der Waals surface area contributed by atoms with E-state index < -0.39 is 23.6 Å². The van der Waals surface area contributed by atoms with E-state index in [9.17, 15) is 17.6 Å². The number of ether oxygens (including phenoxy) is 3. The minimum absolute atomic E-state index is 0.0306. The number of para-hydroxylation sites is 1. The minimum atomic E-state index is -4.61. The van der Waals surface area contributed by atoms with E-state index in [4.69, 9.17) is 30.8 Å². The van der Waals surface area contributed by atoms with Crippen molar-refractivity contribution in [1.29, 1.82) is 0 Å². The molecule has 7 rings (SSSR count). The number of hydrogen-bond donors (Lipinski definition) is 1. The second kappa shape index (κ2) is 12.1. The fraction of sp³-hybridized carbons (Fsp3) is 0.424. The van der Waals surface area contributed by atoms with Crippen LogP contribution in [-0.2, 0) is 23.2 Å². The van der Waals surface area contributed by atoms with Crippen LogP contribution in [0.5, 0.6) is 11.5 Å². The molecule has 0 aliphatic carbocycles. The fourth-order valence-corrected chi connectivity index (χ4v) is 6.85. The molecule has 0 radical (unpaired) electrons. The second-order valence-corrected chi connectivity index (χ2v) is 12.6. The number of fused-ring (bicyclic) bond motifs is 1. The van der Waals surface area contributed by atoms with Gasteiger partial charge in [-0.05, 0) is 86.5 Å². The molecule has 46 heavy (non-hydrogen) atoms. The third-order valence-corrected chi connectivity index (χ3v) is 9.34. The zero-order valence-corrected chi connectivity index (χ0v) is 25.8. The molecular weight excluding hydrogens is 626 g/mol. The predicted molar refractivity (Wildman–Crippen MR) is 161 cm³/mol. The van der Waals surface area contributed by atoms with E-state index in [1.54, 1.807) is 25.3 Å². The number of hydrogen-bond acceptors (Lipinski definition) is 7. The van der Waals surface area contributed by atoms with E-state index in [-0.39, 0.29) is 23.2 Å². The topological polar surface area (TPSA) is 85.4 Å². The SMILES string of the molecule is C[C@@]1(c2ccc(Cl)cc2F)Oc2cccc(C3CCN(Cc4ncc(-c5n[nH]c(C(F)(F)F)n5)cc4C4CCOCC4)CC3)c2O1. The van der Waals surface area contributed by atoms with Crippen LogP contribution in [0.2, 0.25) is 5.02 Å². The lowest BCUT2D eigenvalue weighted by Gasteiger charge is -2.33. The quantitative estimate of drug-likeness (QED) is 0.214. The molecule has 2 aromatic carbocycles. The highest BCUT2D eigenvalue weighted by atomic mass is 35.5. The van der Waals surface area contributed by atoms with Crippen molar-refractivity contribution >= 4 is 11.6 Å². The van der Waals surface area contributed by atoms with Crippen molar-refractivity contribution in [2.45, 2.75) is 63.0 Å². The molecule has 13 heteroatoms. The van der Waals surface area contributed by atoms with Crippen LogP contribution in [0.25, 0.3) is 11.4 Å². The number of halogens is 5. The van der Waals surface area contributed by atoms with Gasteiger partial charge in [0.15, 0.2) is 17.3 Å². The van der Waals surface area contributed by atoms with Gasteiger partial charge in [0.2, 0.25) is 5.82 Å². The first kappa shape index (κ1) is 30.9. The highest BCUT2D eigenvalue weighted by molar-refractivity contribution is 6.30. The van der Waals surface area contributed by atoms with Gasteiger partial charge in [-0.3, -0.25) is 15.0 Å². The number of aromatic nitrogens is 4. The van der Waals surface area contributed by atoms with Gasteiger partial charge in [-0.1, -0.05) is 23.7 Å². The normalized spacial score (nSPS) is 21.2. The number of benzene rings is 2. The van der Waals surface area contributed by atoms with Gasteiger partial charge < -0.3 is 14.2 Å². The third-order valence-electron chi connectivity index (χ3n) is 9.11. The summed E-state index contributed by atoms with van der Waals surface area (Å²) in [6.07, 6.45) is 0.298. The maximum Gasteiger partial charge on any atom is 0.451 e. The van der Waals surface area contributed by atoms with Crippen LogP contribution in [0.4, 0.5) is 17.6 Å². The lowest BCUT2D eigenvalue weighted by Crippen LogP contribution is -2.34. The first-order valence-electron chi connectivity index (χ1n) is 15.3.